The fraction of sp³-hybridized carbons (Fsp3) is 0.500. The summed E-state index contributed by atoms with van der Waals surface area (Å²) in [5, 5.41) is 0. The molecule has 1 saturated heterocycles. The summed E-state index contributed by atoms with van der Waals surface area (Å²) in [7, 11) is 0. The van der Waals surface area contributed by atoms with E-state index >= 15 is 0 Å². The first-order valence-electron chi connectivity index (χ1n) is 7.08. The monoisotopic (exact) mass is 275 g/mol. The van der Waals surface area contributed by atoms with Gasteiger partial charge in [-0.15, -0.1) is 0 Å². The van der Waals surface area contributed by atoms with Gasteiger partial charge >= 0.3 is 0 Å². The lowest BCUT2D eigenvalue weighted by molar-refractivity contribution is -0.134. The summed E-state index contributed by atoms with van der Waals surface area (Å²) in [5.74, 6) is 1.28. The molecule has 1 aromatic carbocycles. The van der Waals surface area contributed by atoms with Crippen LogP contribution in [0.1, 0.15) is 37.0 Å². The molecule has 108 valence electrons. The van der Waals surface area contributed by atoms with E-state index in [1.54, 1.807) is 24.3 Å². The van der Waals surface area contributed by atoms with Gasteiger partial charge in [-0.2, -0.15) is 0 Å². The van der Waals surface area contributed by atoms with Crippen LogP contribution in [0, 0.1) is 5.92 Å². The number of carbonyl (C=O) groups excluding carboxylic acids is 2. The van der Waals surface area contributed by atoms with Crippen LogP contribution in [0.2, 0.25) is 0 Å². The Hall–Kier alpha value is -1.84. The molecular formula is C16H21NO3. The number of ether oxygens (including phenoxy) is 1. The number of ketones is 1. The van der Waals surface area contributed by atoms with Gasteiger partial charge in [0.25, 0.3) is 5.91 Å². The van der Waals surface area contributed by atoms with Crippen LogP contribution in [0.4, 0.5) is 0 Å². The van der Waals surface area contributed by atoms with Crippen molar-refractivity contribution < 1.29 is 14.3 Å². The van der Waals surface area contributed by atoms with Crippen LogP contribution in [-0.2, 0) is 4.79 Å². The Balaban J connectivity index is 1.87. The SMILES string of the molecule is CC(=O)c1cccc(OCC(=O)N2CCC(C)CC2)c1. The third-order valence-electron chi connectivity index (χ3n) is 3.74. The molecule has 0 unspecified atom stereocenters. The minimum Gasteiger partial charge on any atom is -0.484 e. The Morgan fingerprint density at radius 3 is 2.65 bits per heavy atom. The minimum absolute atomic E-state index is 0.00760. The molecule has 1 aliphatic heterocycles. The highest BCUT2D eigenvalue weighted by atomic mass is 16.5. The quantitative estimate of drug-likeness (QED) is 0.793. The molecule has 2 rings (SSSR count). The summed E-state index contributed by atoms with van der Waals surface area (Å²) in [5.41, 5.74) is 0.599. The molecule has 1 fully saturated rings. The summed E-state index contributed by atoms with van der Waals surface area (Å²) in [6, 6.07) is 6.94. The third-order valence-corrected chi connectivity index (χ3v) is 3.74. The fourth-order valence-electron chi connectivity index (χ4n) is 2.30. The van der Waals surface area contributed by atoms with Crippen LogP contribution < -0.4 is 4.74 Å². The number of Topliss-reactive ketones (excluding diaryl/α,β-unsaturated/α-hetero) is 1. The number of nitrogens with zero attached hydrogens (tertiary/aromatic N) is 1. The Morgan fingerprint density at radius 2 is 2.00 bits per heavy atom. The minimum atomic E-state index is -0.00760. The number of hydrogen-bond acceptors (Lipinski definition) is 3. The second-order valence-electron chi connectivity index (χ2n) is 5.44. The molecule has 1 heterocycles. The molecule has 1 amide bonds. The number of piperidine rings is 1. The third kappa shape index (κ3) is 3.83. The zero-order valence-electron chi connectivity index (χ0n) is 12.1. The largest absolute Gasteiger partial charge is 0.484 e. The van der Waals surface area contributed by atoms with E-state index in [-0.39, 0.29) is 18.3 Å². The van der Waals surface area contributed by atoms with Gasteiger partial charge in [-0.3, -0.25) is 9.59 Å². The standard InChI is InChI=1S/C16H21NO3/c1-12-6-8-17(9-7-12)16(19)11-20-15-5-3-4-14(10-15)13(2)18/h3-5,10,12H,6-9,11H2,1-2H3. The van der Waals surface area contributed by atoms with E-state index < -0.39 is 0 Å². The predicted molar refractivity (Wildman–Crippen MR) is 76.9 cm³/mol. The first-order chi connectivity index (χ1) is 9.56. The summed E-state index contributed by atoms with van der Waals surface area (Å²) < 4.78 is 5.50. The molecule has 0 spiro atoms. The zero-order valence-corrected chi connectivity index (χ0v) is 12.1. The molecule has 0 aromatic heterocycles. The average Bonchev–Trinajstić information content (AvgIpc) is 2.46. The van der Waals surface area contributed by atoms with Crippen LogP contribution in [0.3, 0.4) is 0 Å². The van der Waals surface area contributed by atoms with Gasteiger partial charge in [0.05, 0.1) is 0 Å². The van der Waals surface area contributed by atoms with E-state index in [4.69, 9.17) is 4.74 Å². The van der Waals surface area contributed by atoms with Gasteiger partial charge in [-0.05, 0) is 37.8 Å². The molecule has 4 nitrogen and oxygen atoms in total. The summed E-state index contributed by atoms with van der Waals surface area (Å²) >= 11 is 0. The van der Waals surface area contributed by atoms with Gasteiger partial charge in [0.15, 0.2) is 12.4 Å². The lowest BCUT2D eigenvalue weighted by Gasteiger charge is -2.30. The van der Waals surface area contributed by atoms with Crippen LogP contribution in [0.5, 0.6) is 5.75 Å². The van der Waals surface area contributed by atoms with Crippen LogP contribution in [0.25, 0.3) is 0 Å². The maximum absolute atomic E-state index is 12.0. The van der Waals surface area contributed by atoms with Crippen molar-refractivity contribution in [3.05, 3.63) is 29.8 Å². The maximum atomic E-state index is 12.0. The van der Waals surface area contributed by atoms with E-state index in [0.717, 1.165) is 25.9 Å². The van der Waals surface area contributed by atoms with Crippen molar-refractivity contribution >= 4 is 11.7 Å². The first-order valence-corrected chi connectivity index (χ1v) is 7.08. The van der Waals surface area contributed by atoms with Gasteiger partial charge in [-0.25, -0.2) is 0 Å². The summed E-state index contributed by atoms with van der Waals surface area (Å²) in [6.45, 7) is 5.40. The molecule has 20 heavy (non-hydrogen) atoms. The molecule has 1 aromatic rings. The molecule has 0 bridgehead atoms. The molecular weight excluding hydrogens is 254 g/mol. The Bertz CT molecular complexity index is 490. The number of rotatable bonds is 4. The van der Waals surface area contributed by atoms with Gasteiger partial charge < -0.3 is 9.64 Å². The molecule has 1 aliphatic rings. The smallest absolute Gasteiger partial charge is 0.260 e. The van der Waals surface area contributed by atoms with Crippen LogP contribution in [-0.4, -0.2) is 36.3 Å². The van der Waals surface area contributed by atoms with E-state index in [1.165, 1.54) is 6.92 Å². The van der Waals surface area contributed by atoms with Crippen molar-refractivity contribution in [3.63, 3.8) is 0 Å². The van der Waals surface area contributed by atoms with Crippen LogP contribution in [0.15, 0.2) is 24.3 Å². The van der Waals surface area contributed by atoms with Gasteiger partial charge in [0, 0.05) is 18.7 Å². The summed E-state index contributed by atoms with van der Waals surface area (Å²) in [6.07, 6.45) is 2.12. The van der Waals surface area contributed by atoms with Crippen molar-refractivity contribution in [1.82, 2.24) is 4.90 Å². The highest BCUT2D eigenvalue weighted by molar-refractivity contribution is 5.94. The average molecular weight is 275 g/mol. The van der Waals surface area contributed by atoms with Gasteiger partial charge in [0.1, 0.15) is 5.75 Å². The number of amides is 1. The fourth-order valence-corrected chi connectivity index (χ4v) is 2.30. The molecule has 0 aliphatic carbocycles. The highest BCUT2D eigenvalue weighted by Gasteiger charge is 2.20. The molecule has 0 radical (unpaired) electrons. The van der Waals surface area contributed by atoms with Crippen LogP contribution >= 0.6 is 0 Å². The van der Waals surface area contributed by atoms with E-state index in [9.17, 15) is 9.59 Å². The number of carbonyl (C=O) groups is 2. The summed E-state index contributed by atoms with van der Waals surface area (Å²) in [4.78, 5) is 25.2. The first kappa shape index (κ1) is 14.6. The second kappa shape index (κ2) is 6.55. The molecule has 0 atom stereocenters. The Morgan fingerprint density at radius 1 is 1.30 bits per heavy atom. The van der Waals surface area contributed by atoms with Crippen molar-refractivity contribution in [3.8, 4) is 5.75 Å². The Kier molecular flexibility index (Phi) is 4.77. The van der Waals surface area contributed by atoms with Crippen molar-refractivity contribution in [2.75, 3.05) is 19.7 Å². The Labute approximate surface area is 119 Å². The second-order valence-corrected chi connectivity index (χ2v) is 5.44. The predicted octanol–water partition coefficient (Wildman–Crippen LogP) is 2.53. The van der Waals surface area contributed by atoms with Crippen molar-refractivity contribution in [2.24, 2.45) is 5.92 Å². The van der Waals surface area contributed by atoms with Gasteiger partial charge in [0.2, 0.25) is 0 Å². The number of benzene rings is 1. The molecule has 0 saturated carbocycles. The number of likely N-dealkylation sites (tertiary alicyclic amines) is 1. The maximum Gasteiger partial charge on any atom is 0.260 e. The van der Waals surface area contributed by atoms with E-state index in [0.29, 0.717) is 17.2 Å². The van der Waals surface area contributed by atoms with E-state index in [2.05, 4.69) is 6.92 Å². The molecule has 4 heteroatoms. The van der Waals surface area contributed by atoms with Gasteiger partial charge in [-0.1, -0.05) is 19.1 Å². The number of hydrogen-bond donors (Lipinski definition) is 0. The van der Waals surface area contributed by atoms with E-state index in [1.807, 2.05) is 4.90 Å². The van der Waals surface area contributed by atoms with Crippen molar-refractivity contribution in [1.29, 1.82) is 0 Å². The van der Waals surface area contributed by atoms with Crippen molar-refractivity contribution in [2.45, 2.75) is 26.7 Å². The zero-order chi connectivity index (χ0) is 14.5. The topological polar surface area (TPSA) is 46.6 Å². The lowest BCUT2D eigenvalue weighted by atomic mass is 9.99. The lowest BCUT2D eigenvalue weighted by Crippen LogP contribution is -2.40. The highest BCUT2D eigenvalue weighted by Crippen LogP contribution is 2.17. The molecule has 0 N–H and O–H groups in total. The normalized spacial score (nSPS) is 16.0.